The lowest BCUT2D eigenvalue weighted by molar-refractivity contribution is 0.0527. The number of para-hydroxylation sites is 1. The summed E-state index contributed by atoms with van der Waals surface area (Å²) in [5.74, 6) is 0.690. The van der Waals surface area contributed by atoms with E-state index >= 15 is 0 Å². The van der Waals surface area contributed by atoms with Crippen LogP contribution in [0.5, 0.6) is 0 Å². The molecule has 2 aromatic rings. The molecule has 166 valence electrons. The van der Waals surface area contributed by atoms with Crippen LogP contribution < -0.4 is 5.32 Å². The Bertz CT molecular complexity index is 785. The number of ether oxygens (including phenoxy) is 1. The zero-order chi connectivity index (χ0) is 21.4. The second kappa shape index (κ2) is 10.9. The average molecular weight is 414 g/mol. The predicted molar refractivity (Wildman–Crippen MR) is 124 cm³/mol. The van der Waals surface area contributed by atoms with E-state index in [-0.39, 0.29) is 6.09 Å². The molecule has 1 aliphatic rings. The average Bonchev–Trinajstić information content (AvgIpc) is 3.13. The molecule has 1 aromatic carbocycles. The highest BCUT2D eigenvalue weighted by Crippen LogP contribution is 2.33. The largest absolute Gasteiger partial charge is 0.444 e. The van der Waals surface area contributed by atoms with Gasteiger partial charge in [0, 0.05) is 23.6 Å². The minimum Gasteiger partial charge on any atom is -0.444 e. The summed E-state index contributed by atoms with van der Waals surface area (Å²) in [7, 11) is 0. The fourth-order valence-electron chi connectivity index (χ4n) is 4.39. The molecule has 1 saturated heterocycles. The molecule has 1 aromatic heterocycles. The molecule has 1 aliphatic heterocycles. The molecule has 0 aliphatic carbocycles. The standard InChI is InChI=1S/C25H39N3O2/c1-25(2,3)30-24(29)26-15-9-5-4-6-10-16-28-17-13-20(14-18-28)22-19-27-23-12-8-7-11-21(22)23/h7-8,11-12,19-20,27H,4-6,9-10,13-18H2,1-3H3,(H,26,29). The zero-order valence-corrected chi connectivity index (χ0v) is 19.0. The summed E-state index contributed by atoms with van der Waals surface area (Å²) < 4.78 is 5.24. The highest BCUT2D eigenvalue weighted by Gasteiger charge is 2.22. The van der Waals surface area contributed by atoms with E-state index in [1.165, 1.54) is 74.6 Å². The summed E-state index contributed by atoms with van der Waals surface area (Å²) in [5.41, 5.74) is 2.34. The fraction of sp³-hybridized carbons (Fsp3) is 0.640. The lowest BCUT2D eigenvalue weighted by Gasteiger charge is -2.32. The number of aromatic amines is 1. The van der Waals surface area contributed by atoms with Gasteiger partial charge in [-0.05, 0) is 83.6 Å². The van der Waals surface area contributed by atoms with Crippen molar-refractivity contribution in [2.24, 2.45) is 0 Å². The molecule has 2 N–H and O–H groups in total. The van der Waals surface area contributed by atoms with Gasteiger partial charge < -0.3 is 19.9 Å². The maximum atomic E-state index is 11.6. The quantitative estimate of drug-likeness (QED) is 0.509. The molecule has 5 heteroatoms. The third-order valence-corrected chi connectivity index (χ3v) is 5.97. The van der Waals surface area contributed by atoms with Gasteiger partial charge in [-0.1, -0.05) is 37.5 Å². The summed E-state index contributed by atoms with van der Waals surface area (Å²) in [6.07, 6.45) is 10.4. The van der Waals surface area contributed by atoms with Crippen LogP contribution in [0, 0.1) is 0 Å². The number of carbonyl (C=O) groups excluding carboxylic acids is 1. The van der Waals surface area contributed by atoms with Crippen molar-refractivity contribution in [2.75, 3.05) is 26.2 Å². The molecular weight excluding hydrogens is 374 g/mol. The molecular formula is C25H39N3O2. The lowest BCUT2D eigenvalue weighted by Crippen LogP contribution is -2.33. The second-order valence-electron chi connectivity index (χ2n) is 9.60. The number of rotatable bonds is 9. The number of fused-ring (bicyclic) bond motifs is 1. The van der Waals surface area contributed by atoms with Gasteiger partial charge in [-0.25, -0.2) is 4.79 Å². The summed E-state index contributed by atoms with van der Waals surface area (Å²) >= 11 is 0. The van der Waals surface area contributed by atoms with Crippen molar-refractivity contribution in [3.05, 3.63) is 36.0 Å². The first-order valence-corrected chi connectivity index (χ1v) is 11.7. The van der Waals surface area contributed by atoms with Crippen molar-refractivity contribution in [3.63, 3.8) is 0 Å². The van der Waals surface area contributed by atoms with Crippen LogP contribution >= 0.6 is 0 Å². The van der Waals surface area contributed by atoms with E-state index < -0.39 is 5.60 Å². The van der Waals surface area contributed by atoms with Crippen LogP contribution in [-0.2, 0) is 4.74 Å². The van der Waals surface area contributed by atoms with Crippen molar-refractivity contribution in [1.29, 1.82) is 0 Å². The molecule has 1 amide bonds. The van der Waals surface area contributed by atoms with Crippen LogP contribution in [0.3, 0.4) is 0 Å². The first kappa shape index (κ1) is 22.7. The van der Waals surface area contributed by atoms with Crippen LogP contribution in [0.25, 0.3) is 10.9 Å². The van der Waals surface area contributed by atoms with Gasteiger partial charge >= 0.3 is 6.09 Å². The maximum absolute atomic E-state index is 11.6. The first-order chi connectivity index (χ1) is 14.4. The summed E-state index contributed by atoms with van der Waals surface area (Å²) in [6, 6.07) is 8.66. The van der Waals surface area contributed by atoms with Crippen LogP contribution in [0.15, 0.2) is 30.5 Å². The molecule has 2 heterocycles. The summed E-state index contributed by atoms with van der Waals surface area (Å²) in [6.45, 7) is 10.0. The number of aromatic nitrogens is 1. The number of amides is 1. The van der Waals surface area contributed by atoms with Gasteiger partial charge in [0.1, 0.15) is 5.60 Å². The Morgan fingerprint density at radius 3 is 2.57 bits per heavy atom. The second-order valence-corrected chi connectivity index (χ2v) is 9.60. The Balaban J connectivity index is 1.23. The van der Waals surface area contributed by atoms with Crippen LogP contribution in [0.4, 0.5) is 4.79 Å². The molecule has 0 unspecified atom stereocenters. The van der Waals surface area contributed by atoms with Crippen LogP contribution in [-0.4, -0.2) is 47.8 Å². The molecule has 30 heavy (non-hydrogen) atoms. The number of benzene rings is 1. The number of H-pyrrole nitrogens is 1. The molecule has 0 spiro atoms. The number of carbonyl (C=O) groups is 1. The van der Waals surface area contributed by atoms with Gasteiger partial charge in [-0.15, -0.1) is 0 Å². The molecule has 5 nitrogen and oxygen atoms in total. The van der Waals surface area contributed by atoms with Gasteiger partial charge in [0.05, 0.1) is 0 Å². The number of alkyl carbamates (subject to hydrolysis) is 1. The fourth-order valence-corrected chi connectivity index (χ4v) is 4.39. The molecule has 0 radical (unpaired) electrons. The van der Waals surface area contributed by atoms with E-state index in [0.29, 0.717) is 12.5 Å². The molecule has 1 fully saturated rings. The number of hydrogen-bond donors (Lipinski definition) is 2. The first-order valence-electron chi connectivity index (χ1n) is 11.7. The van der Waals surface area contributed by atoms with Gasteiger partial charge in [0.15, 0.2) is 0 Å². The molecule has 0 bridgehead atoms. The maximum Gasteiger partial charge on any atom is 0.407 e. The van der Waals surface area contributed by atoms with E-state index in [9.17, 15) is 4.79 Å². The van der Waals surface area contributed by atoms with Crippen molar-refractivity contribution < 1.29 is 9.53 Å². The normalized spacial score (nSPS) is 16.1. The Morgan fingerprint density at radius 2 is 1.80 bits per heavy atom. The molecule has 0 saturated carbocycles. The van der Waals surface area contributed by atoms with Crippen molar-refractivity contribution in [1.82, 2.24) is 15.2 Å². The van der Waals surface area contributed by atoms with E-state index in [0.717, 1.165) is 6.42 Å². The Kier molecular flexibility index (Phi) is 8.20. The van der Waals surface area contributed by atoms with E-state index in [4.69, 9.17) is 4.74 Å². The van der Waals surface area contributed by atoms with Crippen LogP contribution in [0.1, 0.15) is 77.2 Å². The Labute approximate surface area is 181 Å². The number of hydrogen-bond acceptors (Lipinski definition) is 3. The zero-order valence-electron chi connectivity index (χ0n) is 19.0. The highest BCUT2D eigenvalue weighted by molar-refractivity contribution is 5.83. The smallest absolute Gasteiger partial charge is 0.407 e. The number of nitrogens with zero attached hydrogens (tertiary/aromatic N) is 1. The lowest BCUT2D eigenvalue weighted by atomic mass is 9.89. The Morgan fingerprint density at radius 1 is 1.10 bits per heavy atom. The van der Waals surface area contributed by atoms with E-state index in [1.54, 1.807) is 0 Å². The van der Waals surface area contributed by atoms with E-state index in [1.807, 2.05) is 20.8 Å². The number of nitrogens with one attached hydrogen (secondary N) is 2. The minimum atomic E-state index is -0.423. The summed E-state index contributed by atoms with van der Waals surface area (Å²) in [4.78, 5) is 17.7. The monoisotopic (exact) mass is 413 g/mol. The number of unbranched alkanes of at least 4 members (excludes halogenated alkanes) is 4. The van der Waals surface area contributed by atoms with Gasteiger partial charge in [-0.2, -0.15) is 0 Å². The highest BCUT2D eigenvalue weighted by atomic mass is 16.6. The minimum absolute atomic E-state index is 0.307. The number of likely N-dealkylation sites (tertiary alicyclic amines) is 1. The van der Waals surface area contributed by atoms with Crippen molar-refractivity contribution in [3.8, 4) is 0 Å². The summed E-state index contributed by atoms with van der Waals surface area (Å²) in [5, 5.41) is 4.24. The van der Waals surface area contributed by atoms with Gasteiger partial charge in [-0.3, -0.25) is 0 Å². The van der Waals surface area contributed by atoms with Crippen molar-refractivity contribution in [2.45, 2.75) is 77.2 Å². The van der Waals surface area contributed by atoms with Gasteiger partial charge in [0.25, 0.3) is 0 Å². The third-order valence-electron chi connectivity index (χ3n) is 5.97. The van der Waals surface area contributed by atoms with Gasteiger partial charge in [0.2, 0.25) is 0 Å². The topological polar surface area (TPSA) is 57.4 Å². The molecule has 3 rings (SSSR count). The van der Waals surface area contributed by atoms with Crippen molar-refractivity contribution >= 4 is 17.0 Å². The third kappa shape index (κ3) is 7.05. The molecule has 0 atom stereocenters. The SMILES string of the molecule is CC(C)(C)OC(=O)NCCCCCCCN1CCC(c2c[nH]c3ccccc23)CC1. The predicted octanol–water partition coefficient (Wildman–Crippen LogP) is 5.82. The number of piperidine rings is 1. The van der Waals surface area contributed by atoms with E-state index in [2.05, 4.69) is 45.7 Å². The Hall–Kier alpha value is -2.01. The van der Waals surface area contributed by atoms with Crippen LogP contribution in [0.2, 0.25) is 0 Å².